The van der Waals surface area contributed by atoms with Crippen molar-refractivity contribution in [3.8, 4) is 0 Å². The minimum absolute atomic E-state index is 0.0361. The molecule has 5 nitrogen and oxygen atoms in total. The van der Waals surface area contributed by atoms with E-state index in [1.54, 1.807) is 0 Å². The van der Waals surface area contributed by atoms with Crippen molar-refractivity contribution in [2.24, 2.45) is 0 Å². The Morgan fingerprint density at radius 2 is 1.95 bits per heavy atom. The zero-order valence-electron chi connectivity index (χ0n) is 10.4. The molecule has 0 fully saturated rings. The van der Waals surface area contributed by atoms with Crippen LogP contribution in [-0.2, 0) is 21.0 Å². The summed E-state index contributed by atoms with van der Waals surface area (Å²) in [5.74, 6) is -2.02. The molecule has 0 aliphatic rings. The number of sulfonamides is 1. The molecule has 0 aromatic heterocycles. The van der Waals surface area contributed by atoms with Gasteiger partial charge in [-0.15, -0.1) is 0 Å². The summed E-state index contributed by atoms with van der Waals surface area (Å²) in [7, 11) is -4.00. The minimum Gasteiger partial charge on any atom is -0.481 e. The maximum Gasteiger partial charge on any atom is 0.416 e. The Kier molecular flexibility index (Phi) is 4.64. The fourth-order valence-corrected chi connectivity index (χ4v) is 2.47. The van der Waals surface area contributed by atoms with E-state index in [-0.39, 0.29) is 11.3 Å². The van der Waals surface area contributed by atoms with Gasteiger partial charge >= 0.3 is 12.1 Å². The Labute approximate surface area is 113 Å². The molecule has 0 atom stereocenters. The van der Waals surface area contributed by atoms with Crippen LogP contribution in [0, 0.1) is 6.92 Å². The highest BCUT2D eigenvalue weighted by Gasteiger charge is 2.32. The Balaban J connectivity index is 2.97. The van der Waals surface area contributed by atoms with Gasteiger partial charge in [-0.3, -0.25) is 9.52 Å². The second-order valence-corrected chi connectivity index (χ2v) is 5.93. The fourth-order valence-electron chi connectivity index (χ4n) is 1.44. The Bertz CT molecular complexity index is 611. The van der Waals surface area contributed by atoms with E-state index in [0.717, 1.165) is 6.07 Å². The third kappa shape index (κ3) is 4.72. The Morgan fingerprint density at radius 3 is 2.45 bits per heavy atom. The molecule has 0 amide bonds. The molecular weight excluding hydrogens is 299 g/mol. The molecule has 0 spiro atoms. The van der Waals surface area contributed by atoms with Crippen LogP contribution in [0.4, 0.5) is 18.9 Å². The quantitative estimate of drug-likeness (QED) is 0.873. The molecule has 0 saturated heterocycles. The van der Waals surface area contributed by atoms with Crippen molar-refractivity contribution < 1.29 is 31.5 Å². The summed E-state index contributed by atoms with van der Waals surface area (Å²) >= 11 is 0. The van der Waals surface area contributed by atoms with E-state index in [2.05, 4.69) is 0 Å². The van der Waals surface area contributed by atoms with Gasteiger partial charge in [0.05, 0.1) is 17.7 Å². The number of aliphatic carboxylic acids is 1. The van der Waals surface area contributed by atoms with Crippen molar-refractivity contribution >= 4 is 21.7 Å². The maximum atomic E-state index is 12.7. The third-order valence-corrected chi connectivity index (χ3v) is 3.69. The number of carboxylic acid groups (broad SMARTS) is 1. The van der Waals surface area contributed by atoms with Gasteiger partial charge in [0.25, 0.3) is 0 Å². The lowest BCUT2D eigenvalue weighted by atomic mass is 10.1. The highest BCUT2D eigenvalue weighted by Crippen LogP contribution is 2.33. The first kappa shape index (κ1) is 16.3. The number of halogens is 3. The summed E-state index contributed by atoms with van der Waals surface area (Å²) in [5.41, 5.74) is -1.24. The second kappa shape index (κ2) is 5.70. The molecule has 20 heavy (non-hydrogen) atoms. The lowest BCUT2D eigenvalue weighted by molar-refractivity contribution is -0.138. The standard InChI is InChI=1S/C11H12F3NO4S/c1-7-2-3-8(6-9(7)11(12,13)14)15-20(18,19)5-4-10(16)17/h2-3,6,15H,4-5H2,1H3,(H,16,17). The van der Waals surface area contributed by atoms with Crippen LogP contribution in [-0.4, -0.2) is 25.2 Å². The van der Waals surface area contributed by atoms with Gasteiger partial charge < -0.3 is 5.11 Å². The van der Waals surface area contributed by atoms with Crippen molar-refractivity contribution in [2.75, 3.05) is 10.5 Å². The number of rotatable bonds is 5. The van der Waals surface area contributed by atoms with Crippen LogP contribution >= 0.6 is 0 Å². The van der Waals surface area contributed by atoms with Gasteiger partial charge in [0, 0.05) is 5.69 Å². The van der Waals surface area contributed by atoms with E-state index in [4.69, 9.17) is 5.11 Å². The van der Waals surface area contributed by atoms with Crippen molar-refractivity contribution in [1.29, 1.82) is 0 Å². The first-order chi connectivity index (χ1) is 9.01. The number of aryl methyl sites for hydroxylation is 1. The molecule has 0 bridgehead atoms. The summed E-state index contributed by atoms with van der Waals surface area (Å²) in [6.07, 6.45) is -5.22. The lowest BCUT2D eigenvalue weighted by Gasteiger charge is -2.13. The summed E-state index contributed by atoms with van der Waals surface area (Å²) in [6.45, 7) is 1.26. The van der Waals surface area contributed by atoms with Crippen LogP contribution in [0.15, 0.2) is 18.2 Å². The number of carbonyl (C=O) groups is 1. The summed E-state index contributed by atoms with van der Waals surface area (Å²) in [5, 5.41) is 8.39. The van der Waals surface area contributed by atoms with Crippen LogP contribution in [0.1, 0.15) is 17.5 Å². The number of carboxylic acids is 1. The van der Waals surface area contributed by atoms with Crippen molar-refractivity contribution in [3.63, 3.8) is 0 Å². The summed E-state index contributed by atoms with van der Waals surface area (Å²) in [6, 6.07) is 2.99. The lowest BCUT2D eigenvalue weighted by Crippen LogP contribution is -2.19. The topological polar surface area (TPSA) is 83.5 Å². The normalized spacial score (nSPS) is 12.2. The largest absolute Gasteiger partial charge is 0.481 e. The van der Waals surface area contributed by atoms with E-state index in [1.807, 2.05) is 4.72 Å². The molecular formula is C11H12F3NO4S. The monoisotopic (exact) mass is 311 g/mol. The van der Waals surface area contributed by atoms with Crippen molar-refractivity contribution in [2.45, 2.75) is 19.5 Å². The molecule has 0 aliphatic carbocycles. The highest BCUT2D eigenvalue weighted by molar-refractivity contribution is 7.92. The van der Waals surface area contributed by atoms with Gasteiger partial charge in [-0.1, -0.05) is 6.07 Å². The van der Waals surface area contributed by atoms with Crippen molar-refractivity contribution in [3.05, 3.63) is 29.3 Å². The molecule has 2 N–H and O–H groups in total. The summed E-state index contributed by atoms with van der Waals surface area (Å²) < 4.78 is 62.9. The van der Waals surface area contributed by atoms with E-state index in [9.17, 15) is 26.4 Å². The first-order valence-corrected chi connectivity index (χ1v) is 7.06. The van der Waals surface area contributed by atoms with Gasteiger partial charge in [0.15, 0.2) is 0 Å². The number of hydrogen-bond acceptors (Lipinski definition) is 3. The molecule has 0 saturated carbocycles. The number of nitrogens with one attached hydrogen (secondary N) is 1. The number of anilines is 1. The zero-order chi connectivity index (χ0) is 15.6. The third-order valence-electron chi connectivity index (χ3n) is 2.40. The average molecular weight is 311 g/mol. The fraction of sp³-hybridized carbons (Fsp3) is 0.364. The van der Waals surface area contributed by atoms with Gasteiger partial charge in [0.2, 0.25) is 10.0 Å². The van der Waals surface area contributed by atoms with Crippen molar-refractivity contribution in [1.82, 2.24) is 0 Å². The van der Waals surface area contributed by atoms with Gasteiger partial charge in [-0.05, 0) is 24.6 Å². The SMILES string of the molecule is Cc1ccc(NS(=O)(=O)CCC(=O)O)cc1C(F)(F)F. The molecule has 0 radical (unpaired) electrons. The van der Waals surface area contributed by atoms with E-state index < -0.39 is 39.9 Å². The zero-order valence-corrected chi connectivity index (χ0v) is 11.2. The number of alkyl halides is 3. The van der Waals surface area contributed by atoms with E-state index in [1.165, 1.54) is 13.0 Å². The first-order valence-electron chi connectivity index (χ1n) is 5.41. The molecule has 1 rings (SSSR count). The minimum atomic E-state index is -4.59. The molecule has 9 heteroatoms. The smallest absolute Gasteiger partial charge is 0.416 e. The van der Waals surface area contributed by atoms with Crippen LogP contribution in [0.25, 0.3) is 0 Å². The molecule has 112 valence electrons. The Morgan fingerprint density at radius 1 is 1.35 bits per heavy atom. The maximum absolute atomic E-state index is 12.7. The molecule has 1 aromatic rings. The number of hydrogen-bond donors (Lipinski definition) is 2. The van der Waals surface area contributed by atoms with Gasteiger partial charge in [0.1, 0.15) is 0 Å². The van der Waals surface area contributed by atoms with Crippen LogP contribution in [0.3, 0.4) is 0 Å². The van der Waals surface area contributed by atoms with E-state index >= 15 is 0 Å². The molecule has 0 aliphatic heterocycles. The highest BCUT2D eigenvalue weighted by atomic mass is 32.2. The van der Waals surface area contributed by atoms with Crippen LogP contribution in [0.2, 0.25) is 0 Å². The molecule has 0 heterocycles. The molecule has 1 aromatic carbocycles. The second-order valence-electron chi connectivity index (χ2n) is 4.09. The number of benzene rings is 1. The Hall–Kier alpha value is -1.77. The predicted molar refractivity (Wildman–Crippen MR) is 65.8 cm³/mol. The van der Waals surface area contributed by atoms with Crippen LogP contribution < -0.4 is 4.72 Å². The van der Waals surface area contributed by atoms with Gasteiger partial charge in [-0.2, -0.15) is 13.2 Å². The average Bonchev–Trinajstić information content (AvgIpc) is 2.27. The van der Waals surface area contributed by atoms with Gasteiger partial charge in [-0.25, -0.2) is 8.42 Å². The molecule has 0 unspecified atom stereocenters. The van der Waals surface area contributed by atoms with Crippen LogP contribution in [0.5, 0.6) is 0 Å². The van der Waals surface area contributed by atoms with E-state index in [0.29, 0.717) is 6.07 Å². The predicted octanol–water partition coefficient (Wildman–Crippen LogP) is 2.23. The summed E-state index contributed by atoms with van der Waals surface area (Å²) in [4.78, 5) is 10.3.